The van der Waals surface area contributed by atoms with Crippen molar-refractivity contribution >= 4 is 5.91 Å². The molecule has 0 bridgehead atoms. The lowest BCUT2D eigenvalue weighted by atomic mass is 10.1. The summed E-state index contributed by atoms with van der Waals surface area (Å²) in [4.78, 5) is 20.6. The zero-order valence-electron chi connectivity index (χ0n) is 15.4. The number of carbonyl (C=O) groups excluding carboxylic acids is 1. The normalized spacial score (nSPS) is 23.3. The fraction of sp³-hybridized carbons (Fsp3) is 0.474. The summed E-state index contributed by atoms with van der Waals surface area (Å²) in [6.07, 6.45) is -0.902. The first kappa shape index (κ1) is 18.9. The predicted octanol–water partition coefficient (Wildman–Crippen LogP) is 2.05. The van der Waals surface area contributed by atoms with Gasteiger partial charge in [-0.1, -0.05) is 12.1 Å². The lowest BCUT2D eigenvalue weighted by molar-refractivity contribution is -0.154. The minimum atomic E-state index is -4.33. The van der Waals surface area contributed by atoms with Crippen LogP contribution >= 0.6 is 0 Å². The number of alkyl halides is 3. The van der Waals surface area contributed by atoms with Crippen molar-refractivity contribution in [2.24, 2.45) is 7.05 Å². The van der Waals surface area contributed by atoms with E-state index in [1.54, 1.807) is 6.20 Å². The van der Waals surface area contributed by atoms with Gasteiger partial charge in [0, 0.05) is 39.1 Å². The highest BCUT2D eigenvalue weighted by Crippen LogP contribution is 2.30. The van der Waals surface area contributed by atoms with E-state index in [9.17, 15) is 18.0 Å². The van der Waals surface area contributed by atoms with Gasteiger partial charge in [0.05, 0.1) is 24.3 Å². The molecule has 2 atom stereocenters. The molecular formula is C19H21F3N4O2. The van der Waals surface area contributed by atoms with Crippen LogP contribution in [0.3, 0.4) is 0 Å². The molecule has 0 aliphatic carbocycles. The Kier molecular flexibility index (Phi) is 4.88. The molecule has 150 valence electrons. The summed E-state index contributed by atoms with van der Waals surface area (Å²) in [5, 5.41) is 0. The number of likely N-dealkylation sites (tertiary alicyclic amines) is 1. The minimum absolute atomic E-state index is 0.0414. The van der Waals surface area contributed by atoms with Crippen LogP contribution in [0.1, 0.15) is 17.0 Å². The third-order valence-electron chi connectivity index (χ3n) is 5.37. The minimum Gasteiger partial charge on any atom is -0.365 e. The molecule has 1 aromatic heterocycles. The zero-order chi connectivity index (χ0) is 19.9. The molecule has 0 unspecified atom stereocenters. The second-order valence-electron chi connectivity index (χ2n) is 7.28. The van der Waals surface area contributed by atoms with E-state index in [2.05, 4.69) is 9.88 Å². The number of halogens is 3. The van der Waals surface area contributed by atoms with Crippen molar-refractivity contribution < 1.29 is 22.7 Å². The number of amides is 1. The van der Waals surface area contributed by atoms with Gasteiger partial charge in [-0.3, -0.25) is 9.69 Å². The molecule has 3 heterocycles. The van der Waals surface area contributed by atoms with Crippen LogP contribution in [0.5, 0.6) is 0 Å². The van der Waals surface area contributed by atoms with Gasteiger partial charge in [-0.2, -0.15) is 13.2 Å². The molecule has 1 amide bonds. The van der Waals surface area contributed by atoms with Crippen LogP contribution in [0.25, 0.3) is 0 Å². The SMILES string of the molecule is Cn1ccnc1CN1C(=O)CO[C@H]2CN(Cc3ccc(C(F)(F)F)cc3)C[C@H]21. The molecule has 2 aliphatic heterocycles. The van der Waals surface area contributed by atoms with Crippen LogP contribution < -0.4 is 0 Å². The molecule has 0 radical (unpaired) electrons. The van der Waals surface area contributed by atoms with Crippen LogP contribution in [-0.4, -0.2) is 57.1 Å². The average Bonchev–Trinajstić information content (AvgIpc) is 3.23. The highest BCUT2D eigenvalue weighted by Gasteiger charge is 2.43. The summed E-state index contributed by atoms with van der Waals surface area (Å²) >= 11 is 0. The maximum Gasteiger partial charge on any atom is 0.416 e. The number of imidazole rings is 1. The molecule has 0 N–H and O–H groups in total. The van der Waals surface area contributed by atoms with Gasteiger partial charge in [0.25, 0.3) is 0 Å². The molecule has 0 spiro atoms. The van der Waals surface area contributed by atoms with E-state index < -0.39 is 11.7 Å². The van der Waals surface area contributed by atoms with Gasteiger partial charge in [0.1, 0.15) is 12.4 Å². The number of nitrogens with zero attached hydrogens (tertiary/aromatic N) is 4. The molecule has 2 saturated heterocycles. The van der Waals surface area contributed by atoms with Crippen LogP contribution in [0.2, 0.25) is 0 Å². The van der Waals surface area contributed by atoms with Crippen molar-refractivity contribution in [1.29, 1.82) is 0 Å². The maximum atomic E-state index is 12.7. The number of aryl methyl sites for hydroxylation is 1. The second-order valence-corrected chi connectivity index (χ2v) is 7.28. The maximum absolute atomic E-state index is 12.7. The molecule has 1 aromatic carbocycles. The summed E-state index contributed by atoms with van der Waals surface area (Å²) in [7, 11) is 1.89. The van der Waals surface area contributed by atoms with E-state index in [1.807, 2.05) is 22.7 Å². The van der Waals surface area contributed by atoms with Gasteiger partial charge in [0.2, 0.25) is 5.91 Å². The van der Waals surface area contributed by atoms with Crippen LogP contribution in [-0.2, 0) is 35.8 Å². The number of fused-ring (bicyclic) bond motifs is 1. The Morgan fingerprint density at radius 2 is 1.93 bits per heavy atom. The van der Waals surface area contributed by atoms with Gasteiger partial charge in [-0.25, -0.2) is 4.98 Å². The highest BCUT2D eigenvalue weighted by molar-refractivity contribution is 5.78. The van der Waals surface area contributed by atoms with Gasteiger partial charge >= 0.3 is 6.18 Å². The molecule has 2 aromatic rings. The van der Waals surface area contributed by atoms with E-state index in [4.69, 9.17) is 4.74 Å². The smallest absolute Gasteiger partial charge is 0.365 e. The second kappa shape index (κ2) is 7.21. The van der Waals surface area contributed by atoms with Crippen molar-refractivity contribution in [2.45, 2.75) is 31.4 Å². The molecule has 6 nitrogen and oxygen atoms in total. The van der Waals surface area contributed by atoms with E-state index in [1.165, 1.54) is 12.1 Å². The molecule has 28 heavy (non-hydrogen) atoms. The fourth-order valence-electron chi connectivity index (χ4n) is 3.84. The number of rotatable bonds is 4. The molecule has 0 saturated carbocycles. The average molecular weight is 394 g/mol. The number of carbonyl (C=O) groups is 1. The lowest BCUT2D eigenvalue weighted by Gasteiger charge is -2.36. The van der Waals surface area contributed by atoms with Gasteiger partial charge in [-0.05, 0) is 17.7 Å². The largest absolute Gasteiger partial charge is 0.416 e. The number of ether oxygens (including phenoxy) is 1. The van der Waals surface area contributed by atoms with Gasteiger partial charge in [-0.15, -0.1) is 0 Å². The number of benzene rings is 1. The Bertz CT molecular complexity index is 850. The van der Waals surface area contributed by atoms with Gasteiger partial charge < -0.3 is 14.2 Å². The Morgan fingerprint density at radius 1 is 1.18 bits per heavy atom. The Hall–Kier alpha value is -2.39. The lowest BCUT2D eigenvalue weighted by Crippen LogP contribution is -2.53. The third-order valence-corrected chi connectivity index (χ3v) is 5.37. The molecule has 2 fully saturated rings. The highest BCUT2D eigenvalue weighted by atomic mass is 19.4. The standard InChI is InChI=1S/C19H21F3N4O2/c1-24-7-6-23-17(24)11-26-15-9-25(10-16(15)28-12-18(26)27)8-13-2-4-14(5-3-13)19(20,21)22/h2-7,15-16H,8-12H2,1H3/t15-,16+/m1/s1. The summed E-state index contributed by atoms with van der Waals surface area (Å²) in [5.74, 6) is 0.732. The Morgan fingerprint density at radius 3 is 2.57 bits per heavy atom. The molecule has 2 aliphatic rings. The van der Waals surface area contributed by atoms with Crippen molar-refractivity contribution in [1.82, 2.24) is 19.4 Å². The van der Waals surface area contributed by atoms with Crippen molar-refractivity contribution in [2.75, 3.05) is 19.7 Å². The molecule has 9 heteroatoms. The third kappa shape index (κ3) is 3.77. The van der Waals surface area contributed by atoms with Crippen molar-refractivity contribution in [3.8, 4) is 0 Å². The first-order chi connectivity index (χ1) is 13.3. The van der Waals surface area contributed by atoms with E-state index in [0.29, 0.717) is 26.2 Å². The summed E-state index contributed by atoms with van der Waals surface area (Å²) in [6, 6.07) is 5.12. The topological polar surface area (TPSA) is 50.6 Å². The van der Waals surface area contributed by atoms with Crippen LogP contribution in [0.4, 0.5) is 13.2 Å². The van der Waals surface area contributed by atoms with Gasteiger partial charge in [0.15, 0.2) is 0 Å². The summed E-state index contributed by atoms with van der Waals surface area (Å²) in [6.45, 7) is 2.22. The van der Waals surface area contributed by atoms with E-state index >= 15 is 0 Å². The number of hydrogen-bond donors (Lipinski definition) is 0. The zero-order valence-corrected chi connectivity index (χ0v) is 15.4. The fourth-order valence-corrected chi connectivity index (χ4v) is 3.84. The summed E-state index contributed by atoms with van der Waals surface area (Å²) in [5.41, 5.74) is 0.148. The number of morpholine rings is 1. The first-order valence-corrected chi connectivity index (χ1v) is 9.07. The monoisotopic (exact) mass is 394 g/mol. The van der Waals surface area contributed by atoms with Crippen molar-refractivity contribution in [3.63, 3.8) is 0 Å². The quantitative estimate of drug-likeness (QED) is 0.797. The van der Waals surface area contributed by atoms with E-state index in [-0.39, 0.29) is 24.7 Å². The molecular weight excluding hydrogens is 373 g/mol. The first-order valence-electron chi connectivity index (χ1n) is 9.07. The van der Waals surface area contributed by atoms with E-state index in [0.717, 1.165) is 23.5 Å². The van der Waals surface area contributed by atoms with Crippen LogP contribution in [0, 0.1) is 0 Å². The predicted molar refractivity (Wildman–Crippen MR) is 94.0 cm³/mol. The number of hydrogen-bond acceptors (Lipinski definition) is 4. The summed E-state index contributed by atoms with van der Waals surface area (Å²) < 4.78 is 45.8. The Labute approximate surface area is 160 Å². The Balaban J connectivity index is 1.44. The van der Waals surface area contributed by atoms with Crippen LogP contribution in [0.15, 0.2) is 36.7 Å². The van der Waals surface area contributed by atoms with Crippen molar-refractivity contribution in [3.05, 3.63) is 53.6 Å². The number of aromatic nitrogens is 2. The molecule has 4 rings (SSSR count).